The molecule has 2 aliphatic carbocycles. The molecule has 0 amide bonds. The van der Waals surface area contributed by atoms with Gasteiger partial charge >= 0.3 is 0 Å². The zero-order chi connectivity index (χ0) is 10.6. The molecule has 0 spiro atoms. The minimum atomic E-state index is -0.228. The van der Waals surface area contributed by atoms with Crippen LogP contribution < -0.4 is 22.9 Å². The Morgan fingerprint density at radius 1 is 0.929 bits per heavy atom. The zero-order valence-corrected chi connectivity index (χ0v) is 8.92. The lowest BCUT2D eigenvalue weighted by molar-refractivity contribution is 0.0625. The number of fused-ring (bicyclic) bond motifs is 2. The van der Waals surface area contributed by atoms with Gasteiger partial charge in [-0.3, -0.25) is 0 Å². The Bertz CT molecular complexity index is 223. The third kappa shape index (κ3) is 1.80. The van der Waals surface area contributed by atoms with Crippen LogP contribution in [0.2, 0.25) is 0 Å². The summed E-state index contributed by atoms with van der Waals surface area (Å²) in [6.07, 6.45) is 4.28. The number of nitrogens with two attached hydrogens (primary N) is 4. The highest BCUT2D eigenvalue weighted by atomic mass is 14.9. The van der Waals surface area contributed by atoms with E-state index in [-0.39, 0.29) is 22.7 Å². The van der Waals surface area contributed by atoms with Crippen LogP contribution in [0.5, 0.6) is 0 Å². The van der Waals surface area contributed by atoms with Crippen LogP contribution in [0.4, 0.5) is 0 Å². The van der Waals surface area contributed by atoms with E-state index < -0.39 is 0 Å². The summed E-state index contributed by atoms with van der Waals surface area (Å²) in [7, 11) is 0. The van der Waals surface area contributed by atoms with Gasteiger partial charge in [-0.15, -0.1) is 0 Å². The Morgan fingerprint density at radius 3 is 1.79 bits per heavy atom. The van der Waals surface area contributed by atoms with E-state index in [1.165, 1.54) is 0 Å². The van der Waals surface area contributed by atoms with Crippen molar-refractivity contribution >= 4 is 0 Å². The summed E-state index contributed by atoms with van der Waals surface area (Å²) < 4.78 is 0. The molecule has 0 aromatic rings. The average molecular weight is 198 g/mol. The predicted octanol–water partition coefficient (Wildman–Crippen LogP) is -0.596. The fraction of sp³-hybridized carbons (Fsp3) is 1.00. The standard InChI is InChI=1S/C10H22N4/c1-8(12)4-9(13)2-7(11)3-10(14,5-8)6-9/h7H,2-6,11-14H2,1H3. The maximum Gasteiger partial charge on any atom is 0.0204 e. The topological polar surface area (TPSA) is 104 Å². The molecule has 0 aliphatic heterocycles. The second kappa shape index (κ2) is 2.70. The smallest absolute Gasteiger partial charge is 0.0204 e. The van der Waals surface area contributed by atoms with Crippen LogP contribution in [-0.2, 0) is 0 Å². The van der Waals surface area contributed by atoms with Crippen LogP contribution in [-0.4, -0.2) is 22.7 Å². The zero-order valence-electron chi connectivity index (χ0n) is 8.92. The SMILES string of the molecule is CC1(N)CC2(N)CC(N)CC(N)(C1)C2. The molecule has 4 nitrogen and oxygen atoms in total. The average Bonchev–Trinajstić information content (AvgIpc) is 1.71. The lowest BCUT2D eigenvalue weighted by Gasteiger charge is -2.56. The number of hydrogen-bond donors (Lipinski definition) is 4. The van der Waals surface area contributed by atoms with Crippen molar-refractivity contribution in [3.8, 4) is 0 Å². The molecular formula is C10H22N4. The highest BCUT2D eigenvalue weighted by Crippen LogP contribution is 2.45. The molecule has 0 radical (unpaired) electrons. The molecule has 8 N–H and O–H groups in total. The lowest BCUT2D eigenvalue weighted by Crippen LogP contribution is -2.70. The van der Waals surface area contributed by atoms with Gasteiger partial charge in [0, 0.05) is 22.7 Å². The Labute approximate surface area is 85.4 Å². The van der Waals surface area contributed by atoms with Crippen molar-refractivity contribution in [3.63, 3.8) is 0 Å². The second-order valence-corrected chi connectivity index (χ2v) is 6.08. The van der Waals surface area contributed by atoms with Crippen molar-refractivity contribution in [2.45, 2.75) is 61.7 Å². The maximum atomic E-state index is 6.31. The van der Waals surface area contributed by atoms with Gasteiger partial charge in [0.05, 0.1) is 0 Å². The molecule has 4 heteroatoms. The molecule has 2 saturated carbocycles. The van der Waals surface area contributed by atoms with E-state index in [9.17, 15) is 0 Å². The fourth-order valence-electron chi connectivity index (χ4n) is 3.90. The van der Waals surface area contributed by atoms with Gasteiger partial charge in [0.2, 0.25) is 0 Å². The minimum Gasteiger partial charge on any atom is -0.328 e. The molecule has 0 aromatic heterocycles. The Kier molecular flexibility index (Phi) is 2.00. The molecule has 0 aromatic carbocycles. The van der Waals surface area contributed by atoms with E-state index in [2.05, 4.69) is 0 Å². The molecule has 2 bridgehead atoms. The van der Waals surface area contributed by atoms with Crippen molar-refractivity contribution in [1.29, 1.82) is 0 Å². The van der Waals surface area contributed by atoms with E-state index in [1.807, 2.05) is 6.92 Å². The molecule has 2 atom stereocenters. The molecular weight excluding hydrogens is 176 g/mol. The number of rotatable bonds is 0. The summed E-state index contributed by atoms with van der Waals surface area (Å²) >= 11 is 0. The predicted molar refractivity (Wildman–Crippen MR) is 57.5 cm³/mol. The molecule has 82 valence electrons. The first kappa shape index (κ1) is 10.4. The van der Waals surface area contributed by atoms with Gasteiger partial charge in [0.15, 0.2) is 0 Å². The molecule has 2 fully saturated rings. The Balaban J connectivity index is 2.28. The molecule has 2 unspecified atom stereocenters. The highest BCUT2D eigenvalue weighted by molar-refractivity contribution is 5.14. The fourth-order valence-corrected chi connectivity index (χ4v) is 3.90. The van der Waals surface area contributed by atoms with Gasteiger partial charge in [0.1, 0.15) is 0 Å². The normalized spacial score (nSPS) is 58.5. The van der Waals surface area contributed by atoms with Crippen molar-refractivity contribution in [1.82, 2.24) is 0 Å². The summed E-state index contributed by atoms with van der Waals surface area (Å²) in [6.45, 7) is 2.05. The highest BCUT2D eigenvalue weighted by Gasteiger charge is 2.52. The summed E-state index contributed by atoms with van der Waals surface area (Å²) in [5.74, 6) is 0. The molecule has 2 rings (SSSR count). The van der Waals surface area contributed by atoms with Crippen molar-refractivity contribution in [2.24, 2.45) is 22.9 Å². The van der Waals surface area contributed by atoms with Gasteiger partial charge in [-0.05, 0) is 39.0 Å². The van der Waals surface area contributed by atoms with E-state index in [4.69, 9.17) is 22.9 Å². The maximum absolute atomic E-state index is 6.31. The third-order valence-corrected chi connectivity index (χ3v) is 3.55. The van der Waals surface area contributed by atoms with Crippen LogP contribution in [0.25, 0.3) is 0 Å². The Morgan fingerprint density at radius 2 is 1.36 bits per heavy atom. The van der Waals surface area contributed by atoms with E-state index in [0.717, 1.165) is 32.1 Å². The van der Waals surface area contributed by atoms with Gasteiger partial charge < -0.3 is 22.9 Å². The van der Waals surface area contributed by atoms with Gasteiger partial charge in [-0.25, -0.2) is 0 Å². The summed E-state index contributed by atoms with van der Waals surface area (Å²) in [4.78, 5) is 0. The molecule has 0 saturated heterocycles. The van der Waals surface area contributed by atoms with E-state index in [1.54, 1.807) is 0 Å². The molecule has 0 heterocycles. The van der Waals surface area contributed by atoms with Crippen LogP contribution in [0, 0.1) is 0 Å². The van der Waals surface area contributed by atoms with Crippen LogP contribution in [0.3, 0.4) is 0 Å². The summed E-state index contributed by atoms with van der Waals surface area (Å²) in [5, 5.41) is 0. The van der Waals surface area contributed by atoms with Gasteiger partial charge in [0.25, 0.3) is 0 Å². The summed E-state index contributed by atoms with van der Waals surface area (Å²) in [5.41, 5.74) is 24.1. The largest absolute Gasteiger partial charge is 0.328 e. The lowest BCUT2D eigenvalue weighted by atomic mass is 9.57. The number of hydrogen-bond acceptors (Lipinski definition) is 4. The van der Waals surface area contributed by atoms with Crippen molar-refractivity contribution in [2.75, 3.05) is 0 Å². The minimum absolute atomic E-state index is 0.148. The van der Waals surface area contributed by atoms with Crippen molar-refractivity contribution in [3.05, 3.63) is 0 Å². The van der Waals surface area contributed by atoms with Gasteiger partial charge in [-0.2, -0.15) is 0 Å². The van der Waals surface area contributed by atoms with Crippen LogP contribution in [0.1, 0.15) is 39.0 Å². The Hall–Kier alpha value is -0.160. The first-order valence-electron chi connectivity index (χ1n) is 5.34. The van der Waals surface area contributed by atoms with Crippen molar-refractivity contribution < 1.29 is 0 Å². The van der Waals surface area contributed by atoms with Gasteiger partial charge in [-0.1, -0.05) is 0 Å². The summed E-state index contributed by atoms with van der Waals surface area (Å²) in [6, 6.07) is 0.148. The van der Waals surface area contributed by atoms with Crippen LogP contribution in [0.15, 0.2) is 0 Å². The van der Waals surface area contributed by atoms with E-state index in [0.29, 0.717) is 0 Å². The van der Waals surface area contributed by atoms with Crippen LogP contribution >= 0.6 is 0 Å². The third-order valence-electron chi connectivity index (χ3n) is 3.55. The molecule has 14 heavy (non-hydrogen) atoms. The molecule has 2 aliphatic rings. The quantitative estimate of drug-likeness (QED) is 0.417. The first-order chi connectivity index (χ1) is 6.22. The second-order valence-electron chi connectivity index (χ2n) is 6.08. The monoisotopic (exact) mass is 198 g/mol. The van der Waals surface area contributed by atoms with E-state index >= 15 is 0 Å². The first-order valence-corrected chi connectivity index (χ1v) is 5.34.